The summed E-state index contributed by atoms with van der Waals surface area (Å²) in [5.74, 6) is -0.243. The fraction of sp³-hybridized carbons (Fsp3) is 0.800. The molecule has 1 aliphatic heterocycles. The molecular formula is C5H10N2O3. The third-order valence-electron chi connectivity index (χ3n) is 1.21. The molecule has 1 saturated heterocycles. The lowest BCUT2D eigenvalue weighted by Gasteiger charge is -2.05. The Morgan fingerprint density at radius 3 is 3.20 bits per heavy atom. The van der Waals surface area contributed by atoms with Crippen LogP contribution in [0.4, 0.5) is 0 Å². The van der Waals surface area contributed by atoms with Crippen molar-refractivity contribution in [1.82, 2.24) is 10.8 Å². The zero-order valence-electron chi connectivity index (χ0n) is 5.72. The van der Waals surface area contributed by atoms with E-state index < -0.39 is 6.10 Å². The van der Waals surface area contributed by atoms with Crippen LogP contribution in [0, 0.1) is 0 Å². The molecule has 0 aliphatic carbocycles. The zero-order chi connectivity index (χ0) is 7.40. The Kier molecular flexibility index (Phi) is 2.61. The van der Waals surface area contributed by atoms with Crippen LogP contribution in [0.3, 0.4) is 0 Å². The number of ether oxygens (including phenoxy) is 1. The molecule has 58 valence electrons. The van der Waals surface area contributed by atoms with Crippen molar-refractivity contribution >= 4 is 5.91 Å². The number of hydrogen-bond acceptors (Lipinski definition) is 4. The van der Waals surface area contributed by atoms with Crippen molar-refractivity contribution in [2.45, 2.75) is 6.10 Å². The van der Waals surface area contributed by atoms with E-state index >= 15 is 0 Å². The molecule has 5 nitrogen and oxygen atoms in total. The topological polar surface area (TPSA) is 59.6 Å². The van der Waals surface area contributed by atoms with Crippen LogP contribution < -0.4 is 10.8 Å². The highest BCUT2D eigenvalue weighted by molar-refractivity contribution is 5.80. The molecule has 0 aromatic rings. The minimum atomic E-state index is -0.403. The van der Waals surface area contributed by atoms with Gasteiger partial charge >= 0.3 is 0 Å². The fourth-order valence-electron chi connectivity index (χ4n) is 0.743. The normalized spacial score (nSPS) is 24.7. The van der Waals surface area contributed by atoms with Gasteiger partial charge in [0.25, 0.3) is 5.91 Å². The second-order valence-corrected chi connectivity index (χ2v) is 1.92. The first-order valence-electron chi connectivity index (χ1n) is 2.99. The Hall–Kier alpha value is -0.650. The molecule has 1 fully saturated rings. The van der Waals surface area contributed by atoms with Gasteiger partial charge in [0.1, 0.15) is 0 Å². The van der Waals surface area contributed by atoms with Gasteiger partial charge < -0.3 is 4.74 Å². The number of carbonyl (C=O) groups excluding carboxylic acids is 1. The lowest BCUT2D eigenvalue weighted by Crippen LogP contribution is -2.35. The Labute approximate surface area is 58.6 Å². The van der Waals surface area contributed by atoms with Gasteiger partial charge in [0, 0.05) is 6.54 Å². The zero-order valence-corrected chi connectivity index (χ0v) is 5.72. The highest BCUT2D eigenvalue weighted by atomic mass is 16.6. The Morgan fingerprint density at radius 1 is 1.90 bits per heavy atom. The SMILES string of the molecule is CONC(=O)C1CNCO1. The van der Waals surface area contributed by atoms with E-state index in [0.717, 1.165) is 0 Å². The highest BCUT2D eigenvalue weighted by Crippen LogP contribution is 1.95. The van der Waals surface area contributed by atoms with E-state index in [1.807, 2.05) is 0 Å². The summed E-state index contributed by atoms with van der Waals surface area (Å²) in [5, 5.41) is 2.87. The summed E-state index contributed by atoms with van der Waals surface area (Å²) in [7, 11) is 1.39. The third kappa shape index (κ3) is 1.66. The molecule has 1 heterocycles. The molecule has 1 unspecified atom stereocenters. The van der Waals surface area contributed by atoms with Crippen molar-refractivity contribution in [3.8, 4) is 0 Å². The van der Waals surface area contributed by atoms with Crippen molar-refractivity contribution in [2.75, 3.05) is 20.4 Å². The predicted octanol–water partition coefficient (Wildman–Crippen LogP) is -1.39. The lowest BCUT2D eigenvalue weighted by atomic mass is 10.3. The standard InChI is InChI=1S/C5H10N2O3/c1-9-7-5(8)4-2-6-3-10-4/h4,6H,2-3H2,1H3,(H,7,8). The van der Waals surface area contributed by atoms with Gasteiger partial charge in [-0.25, -0.2) is 5.48 Å². The highest BCUT2D eigenvalue weighted by Gasteiger charge is 2.22. The maximum atomic E-state index is 10.8. The Morgan fingerprint density at radius 2 is 2.70 bits per heavy atom. The molecule has 10 heavy (non-hydrogen) atoms. The van der Waals surface area contributed by atoms with Crippen LogP contribution in [0.15, 0.2) is 0 Å². The molecule has 1 amide bonds. The first kappa shape index (κ1) is 7.46. The maximum Gasteiger partial charge on any atom is 0.274 e. The monoisotopic (exact) mass is 146 g/mol. The molecule has 2 N–H and O–H groups in total. The van der Waals surface area contributed by atoms with Gasteiger partial charge in [-0.3, -0.25) is 14.9 Å². The summed E-state index contributed by atoms with van der Waals surface area (Å²) in [6.45, 7) is 0.983. The summed E-state index contributed by atoms with van der Waals surface area (Å²) >= 11 is 0. The minimum absolute atomic E-state index is 0.243. The number of hydroxylamine groups is 1. The largest absolute Gasteiger partial charge is 0.352 e. The van der Waals surface area contributed by atoms with E-state index in [4.69, 9.17) is 4.74 Å². The van der Waals surface area contributed by atoms with E-state index in [9.17, 15) is 4.79 Å². The van der Waals surface area contributed by atoms with E-state index in [1.54, 1.807) is 0 Å². The average Bonchev–Trinajstić information content (AvgIpc) is 2.38. The quantitative estimate of drug-likeness (QED) is 0.471. The maximum absolute atomic E-state index is 10.8. The van der Waals surface area contributed by atoms with Gasteiger partial charge in [-0.05, 0) is 0 Å². The van der Waals surface area contributed by atoms with Crippen LogP contribution in [0.5, 0.6) is 0 Å². The van der Waals surface area contributed by atoms with Gasteiger partial charge in [0.05, 0.1) is 13.8 Å². The van der Waals surface area contributed by atoms with Gasteiger partial charge in [0.15, 0.2) is 6.10 Å². The molecule has 0 aromatic carbocycles. The summed E-state index contributed by atoms with van der Waals surface area (Å²) in [5.41, 5.74) is 2.18. The minimum Gasteiger partial charge on any atom is -0.352 e. The molecular weight excluding hydrogens is 136 g/mol. The van der Waals surface area contributed by atoms with E-state index in [2.05, 4.69) is 15.6 Å². The molecule has 0 radical (unpaired) electrons. The van der Waals surface area contributed by atoms with Crippen molar-refractivity contribution < 1.29 is 14.4 Å². The van der Waals surface area contributed by atoms with Crippen molar-refractivity contribution in [3.05, 3.63) is 0 Å². The first-order valence-corrected chi connectivity index (χ1v) is 2.99. The first-order chi connectivity index (χ1) is 4.84. The molecule has 1 atom stereocenters. The molecule has 1 aliphatic rings. The summed E-state index contributed by atoms with van der Waals surface area (Å²) in [6, 6.07) is 0. The van der Waals surface area contributed by atoms with E-state index in [0.29, 0.717) is 13.3 Å². The summed E-state index contributed by atoms with van der Waals surface area (Å²) < 4.78 is 4.96. The number of nitrogens with one attached hydrogen (secondary N) is 2. The number of hydrogen-bond donors (Lipinski definition) is 2. The van der Waals surface area contributed by atoms with Crippen LogP contribution in [-0.4, -0.2) is 32.4 Å². The van der Waals surface area contributed by atoms with Crippen LogP contribution in [0.25, 0.3) is 0 Å². The Balaban J connectivity index is 2.25. The van der Waals surface area contributed by atoms with E-state index in [-0.39, 0.29) is 5.91 Å². The molecule has 0 aromatic heterocycles. The summed E-state index contributed by atoms with van der Waals surface area (Å²) in [4.78, 5) is 15.3. The third-order valence-corrected chi connectivity index (χ3v) is 1.21. The predicted molar refractivity (Wildman–Crippen MR) is 32.9 cm³/mol. The number of amides is 1. The second kappa shape index (κ2) is 3.50. The number of carbonyl (C=O) groups is 1. The second-order valence-electron chi connectivity index (χ2n) is 1.92. The molecule has 0 saturated carbocycles. The van der Waals surface area contributed by atoms with E-state index in [1.165, 1.54) is 7.11 Å². The van der Waals surface area contributed by atoms with Crippen LogP contribution in [0.2, 0.25) is 0 Å². The van der Waals surface area contributed by atoms with Gasteiger partial charge in [0.2, 0.25) is 0 Å². The van der Waals surface area contributed by atoms with Crippen LogP contribution >= 0.6 is 0 Å². The average molecular weight is 146 g/mol. The fourth-order valence-corrected chi connectivity index (χ4v) is 0.743. The van der Waals surface area contributed by atoms with Crippen LogP contribution in [0.1, 0.15) is 0 Å². The molecule has 5 heteroatoms. The van der Waals surface area contributed by atoms with Gasteiger partial charge in [-0.1, -0.05) is 0 Å². The van der Waals surface area contributed by atoms with Crippen molar-refractivity contribution in [2.24, 2.45) is 0 Å². The van der Waals surface area contributed by atoms with Gasteiger partial charge in [-0.2, -0.15) is 0 Å². The lowest BCUT2D eigenvalue weighted by molar-refractivity contribution is -0.140. The Bertz CT molecular complexity index is 122. The molecule has 0 bridgehead atoms. The molecule has 1 rings (SSSR count). The number of rotatable bonds is 2. The van der Waals surface area contributed by atoms with Crippen molar-refractivity contribution in [1.29, 1.82) is 0 Å². The van der Waals surface area contributed by atoms with Crippen LogP contribution in [-0.2, 0) is 14.4 Å². The smallest absolute Gasteiger partial charge is 0.274 e. The van der Waals surface area contributed by atoms with Crippen molar-refractivity contribution in [3.63, 3.8) is 0 Å². The summed E-state index contributed by atoms with van der Waals surface area (Å²) in [6.07, 6.45) is -0.403. The van der Waals surface area contributed by atoms with Gasteiger partial charge in [-0.15, -0.1) is 0 Å². The molecule has 0 spiro atoms.